The van der Waals surface area contributed by atoms with Crippen molar-refractivity contribution in [3.63, 3.8) is 0 Å². The lowest BCUT2D eigenvalue weighted by molar-refractivity contribution is 0.340. The Morgan fingerprint density at radius 1 is 0.963 bits per heavy atom. The van der Waals surface area contributed by atoms with E-state index < -0.39 is 0 Å². The molecule has 27 heavy (non-hydrogen) atoms. The Morgan fingerprint density at radius 2 is 1.78 bits per heavy atom. The van der Waals surface area contributed by atoms with Crippen LogP contribution in [0.4, 0.5) is 11.6 Å². The van der Waals surface area contributed by atoms with Crippen molar-refractivity contribution in [2.24, 2.45) is 0 Å². The van der Waals surface area contributed by atoms with Crippen LogP contribution in [0.15, 0.2) is 60.8 Å². The van der Waals surface area contributed by atoms with Gasteiger partial charge in [0.15, 0.2) is 5.82 Å². The average Bonchev–Trinajstić information content (AvgIpc) is 3.21. The first-order valence-corrected chi connectivity index (χ1v) is 8.75. The first-order chi connectivity index (χ1) is 13.3. The molecule has 6 nitrogen and oxygen atoms in total. The van der Waals surface area contributed by atoms with Gasteiger partial charge < -0.3 is 14.8 Å². The molecule has 2 aromatic heterocycles. The normalized spacial score (nSPS) is 10.7. The third kappa shape index (κ3) is 3.55. The largest absolute Gasteiger partial charge is 0.497 e. The van der Waals surface area contributed by atoms with Gasteiger partial charge in [-0.15, -0.1) is 0 Å². The second-order valence-electron chi connectivity index (χ2n) is 5.99. The zero-order chi connectivity index (χ0) is 18.6. The molecule has 0 atom stereocenters. The molecule has 0 amide bonds. The van der Waals surface area contributed by atoms with E-state index in [1.54, 1.807) is 13.3 Å². The van der Waals surface area contributed by atoms with E-state index in [9.17, 15) is 0 Å². The van der Waals surface area contributed by atoms with E-state index in [1.165, 1.54) is 0 Å². The van der Waals surface area contributed by atoms with Crippen molar-refractivity contribution in [2.75, 3.05) is 19.0 Å². The van der Waals surface area contributed by atoms with Crippen LogP contribution in [0.2, 0.25) is 0 Å². The van der Waals surface area contributed by atoms with Gasteiger partial charge in [0.2, 0.25) is 0 Å². The van der Waals surface area contributed by atoms with Crippen LogP contribution in [-0.4, -0.2) is 28.9 Å². The molecule has 0 aliphatic rings. The number of ether oxygens (including phenoxy) is 2. The van der Waals surface area contributed by atoms with Crippen LogP contribution in [0.3, 0.4) is 0 Å². The summed E-state index contributed by atoms with van der Waals surface area (Å²) in [5.74, 6) is 3.07. The van der Waals surface area contributed by atoms with Crippen LogP contribution in [0.1, 0.15) is 6.92 Å². The lowest BCUT2D eigenvalue weighted by Crippen LogP contribution is -1.97. The third-order valence-electron chi connectivity index (χ3n) is 4.23. The van der Waals surface area contributed by atoms with E-state index in [1.807, 2.05) is 61.5 Å². The Bertz CT molecular complexity index is 1040. The number of fused-ring (bicyclic) bond motifs is 1. The molecule has 0 aliphatic heterocycles. The second kappa shape index (κ2) is 7.37. The van der Waals surface area contributed by atoms with E-state index in [0.29, 0.717) is 18.2 Å². The molecule has 4 aromatic rings. The minimum atomic E-state index is 0.642. The summed E-state index contributed by atoms with van der Waals surface area (Å²) in [7, 11) is 1.67. The fourth-order valence-corrected chi connectivity index (χ4v) is 2.98. The molecule has 0 bridgehead atoms. The molecule has 2 aromatic carbocycles. The van der Waals surface area contributed by atoms with Crippen molar-refractivity contribution >= 4 is 22.4 Å². The summed E-state index contributed by atoms with van der Waals surface area (Å²) in [5, 5.41) is 12.3. The number of hydrogen-bond acceptors (Lipinski definition) is 5. The number of nitrogens with one attached hydrogen (secondary N) is 2. The highest BCUT2D eigenvalue weighted by Gasteiger charge is 2.11. The monoisotopic (exact) mass is 360 g/mol. The predicted molar refractivity (Wildman–Crippen MR) is 107 cm³/mol. The maximum atomic E-state index is 5.55. The molecule has 0 saturated heterocycles. The van der Waals surface area contributed by atoms with Gasteiger partial charge in [-0.25, -0.2) is 4.98 Å². The highest BCUT2D eigenvalue weighted by atomic mass is 16.5. The molecule has 0 fully saturated rings. The van der Waals surface area contributed by atoms with Gasteiger partial charge in [-0.3, -0.25) is 5.10 Å². The minimum absolute atomic E-state index is 0.642. The lowest BCUT2D eigenvalue weighted by Gasteiger charge is -2.12. The molecule has 0 saturated carbocycles. The number of methoxy groups -OCH3 is 1. The van der Waals surface area contributed by atoms with Crippen molar-refractivity contribution in [3.05, 3.63) is 60.8 Å². The van der Waals surface area contributed by atoms with Crippen LogP contribution in [0.5, 0.6) is 11.5 Å². The molecule has 0 spiro atoms. The number of hydrogen-bond donors (Lipinski definition) is 2. The molecular formula is C21H20N4O2. The van der Waals surface area contributed by atoms with Gasteiger partial charge in [0, 0.05) is 23.2 Å². The quantitative estimate of drug-likeness (QED) is 0.518. The number of H-pyrrole nitrogens is 1. The van der Waals surface area contributed by atoms with Crippen molar-refractivity contribution in [1.82, 2.24) is 15.2 Å². The summed E-state index contributed by atoms with van der Waals surface area (Å²) in [4.78, 5) is 4.83. The lowest BCUT2D eigenvalue weighted by atomic mass is 10.0. The van der Waals surface area contributed by atoms with Crippen LogP contribution >= 0.6 is 0 Å². The SMILES string of the molecule is CCOc1ccc(-c2nc(Nc3cc[nH]n3)cc3cc(OC)ccc23)cc1. The van der Waals surface area contributed by atoms with E-state index >= 15 is 0 Å². The molecule has 0 aliphatic carbocycles. The highest BCUT2D eigenvalue weighted by Crippen LogP contribution is 2.33. The van der Waals surface area contributed by atoms with Crippen molar-refractivity contribution in [3.8, 4) is 22.8 Å². The number of aromatic nitrogens is 3. The summed E-state index contributed by atoms with van der Waals surface area (Å²) in [6.45, 7) is 2.62. The Kier molecular flexibility index (Phi) is 4.61. The molecule has 136 valence electrons. The summed E-state index contributed by atoms with van der Waals surface area (Å²) >= 11 is 0. The molecule has 0 unspecified atom stereocenters. The van der Waals surface area contributed by atoms with Crippen molar-refractivity contribution in [2.45, 2.75) is 6.92 Å². The summed E-state index contributed by atoms with van der Waals surface area (Å²) in [6.07, 6.45) is 1.76. The van der Waals surface area contributed by atoms with Crippen molar-refractivity contribution in [1.29, 1.82) is 0 Å². The minimum Gasteiger partial charge on any atom is -0.497 e. The van der Waals surface area contributed by atoms with Gasteiger partial charge in [0.25, 0.3) is 0 Å². The van der Waals surface area contributed by atoms with Gasteiger partial charge in [0.1, 0.15) is 17.3 Å². The number of rotatable bonds is 6. The van der Waals surface area contributed by atoms with E-state index in [0.717, 1.165) is 33.5 Å². The van der Waals surface area contributed by atoms with Crippen LogP contribution < -0.4 is 14.8 Å². The number of benzene rings is 2. The first-order valence-electron chi connectivity index (χ1n) is 8.75. The van der Waals surface area contributed by atoms with Gasteiger partial charge in [-0.2, -0.15) is 5.10 Å². The van der Waals surface area contributed by atoms with Gasteiger partial charge in [-0.05, 0) is 60.8 Å². The molecule has 6 heteroatoms. The molecule has 2 N–H and O–H groups in total. The van der Waals surface area contributed by atoms with E-state index in [-0.39, 0.29) is 0 Å². The predicted octanol–water partition coefficient (Wildman–Crippen LogP) is 4.78. The Balaban J connectivity index is 1.83. The zero-order valence-electron chi connectivity index (χ0n) is 15.2. The topological polar surface area (TPSA) is 72.1 Å². The summed E-state index contributed by atoms with van der Waals surface area (Å²) < 4.78 is 10.9. The van der Waals surface area contributed by atoms with Gasteiger partial charge in [0.05, 0.1) is 19.4 Å². The smallest absolute Gasteiger partial charge is 0.153 e. The fraction of sp³-hybridized carbons (Fsp3) is 0.143. The average molecular weight is 360 g/mol. The Labute approximate surface area is 157 Å². The fourth-order valence-electron chi connectivity index (χ4n) is 2.98. The third-order valence-corrected chi connectivity index (χ3v) is 4.23. The second-order valence-corrected chi connectivity index (χ2v) is 5.99. The first kappa shape index (κ1) is 16.9. The summed E-state index contributed by atoms with van der Waals surface area (Å²) in [6, 6.07) is 17.8. The molecule has 2 heterocycles. The van der Waals surface area contributed by atoms with Crippen LogP contribution in [-0.2, 0) is 0 Å². The number of pyridine rings is 1. The van der Waals surface area contributed by atoms with E-state index in [2.05, 4.69) is 15.5 Å². The molecule has 0 radical (unpaired) electrons. The highest BCUT2D eigenvalue weighted by molar-refractivity contribution is 5.97. The summed E-state index contributed by atoms with van der Waals surface area (Å²) in [5.41, 5.74) is 1.90. The molecule has 4 rings (SSSR count). The molecular weight excluding hydrogens is 340 g/mol. The number of aromatic amines is 1. The van der Waals surface area contributed by atoms with E-state index in [4.69, 9.17) is 14.5 Å². The maximum Gasteiger partial charge on any atom is 0.153 e. The van der Waals surface area contributed by atoms with Crippen molar-refractivity contribution < 1.29 is 9.47 Å². The number of anilines is 2. The van der Waals surface area contributed by atoms with Crippen LogP contribution in [0.25, 0.3) is 22.0 Å². The number of nitrogens with zero attached hydrogens (tertiary/aromatic N) is 2. The maximum absolute atomic E-state index is 5.55. The Hall–Kier alpha value is -3.54. The van der Waals surface area contributed by atoms with Gasteiger partial charge >= 0.3 is 0 Å². The standard InChI is InChI=1S/C21H20N4O2/c1-3-27-16-6-4-14(5-7-16)21-18-9-8-17(26-2)12-15(18)13-20(24-21)23-19-10-11-22-25-19/h4-13H,3H2,1-2H3,(H2,22,23,24,25). The van der Waals surface area contributed by atoms with Crippen LogP contribution in [0, 0.1) is 0 Å². The Morgan fingerprint density at radius 3 is 2.48 bits per heavy atom. The zero-order valence-corrected chi connectivity index (χ0v) is 15.2. The van der Waals surface area contributed by atoms with Gasteiger partial charge in [-0.1, -0.05) is 0 Å².